The van der Waals surface area contributed by atoms with Crippen LogP contribution in [0.15, 0.2) is 29.2 Å². The lowest BCUT2D eigenvalue weighted by molar-refractivity contribution is -0.130. The molecule has 0 radical (unpaired) electrons. The van der Waals surface area contributed by atoms with E-state index in [0.717, 1.165) is 53.8 Å². The number of rotatable bonds is 5. The summed E-state index contributed by atoms with van der Waals surface area (Å²) in [6.45, 7) is 10.8. The summed E-state index contributed by atoms with van der Waals surface area (Å²) in [6, 6.07) is 6.85. The van der Waals surface area contributed by atoms with Gasteiger partial charge in [-0.3, -0.25) is 14.5 Å². The molecule has 3 aromatic rings. The molecule has 0 atom stereocenters. The van der Waals surface area contributed by atoms with E-state index < -0.39 is 0 Å². The second kappa shape index (κ2) is 9.41. The zero-order valence-electron chi connectivity index (χ0n) is 21.7. The fraction of sp³-hybridized carbons (Fsp3) is 0.500. The Balaban J connectivity index is 1.68. The van der Waals surface area contributed by atoms with Gasteiger partial charge in [0.05, 0.1) is 12.2 Å². The van der Waals surface area contributed by atoms with Crippen molar-refractivity contribution < 1.29 is 4.79 Å². The zero-order chi connectivity index (χ0) is 24.7. The van der Waals surface area contributed by atoms with Crippen molar-refractivity contribution in [1.82, 2.24) is 19.4 Å². The summed E-state index contributed by atoms with van der Waals surface area (Å²) in [5, 5.41) is 1.28. The number of nitrogens with zero attached hydrogens (tertiary/aromatic N) is 3. The maximum absolute atomic E-state index is 12.4. The molecule has 0 spiro atoms. The Hall–Kier alpha value is -2.86. The van der Waals surface area contributed by atoms with Gasteiger partial charge in [0.1, 0.15) is 0 Å². The number of carbonyl (C=O) groups is 1. The predicted molar refractivity (Wildman–Crippen MR) is 140 cm³/mol. The number of piperidine rings is 1. The van der Waals surface area contributed by atoms with E-state index >= 15 is 0 Å². The maximum Gasteiger partial charge on any atom is 0.253 e. The molecule has 6 heteroatoms. The third kappa shape index (κ3) is 4.43. The van der Waals surface area contributed by atoms with Gasteiger partial charge in [-0.2, -0.15) is 0 Å². The fourth-order valence-electron chi connectivity index (χ4n) is 5.28. The van der Waals surface area contributed by atoms with E-state index in [4.69, 9.17) is 0 Å². The summed E-state index contributed by atoms with van der Waals surface area (Å²) >= 11 is 0. The lowest BCUT2D eigenvalue weighted by Crippen LogP contribution is -2.40. The van der Waals surface area contributed by atoms with Crippen molar-refractivity contribution in [3.63, 3.8) is 0 Å². The van der Waals surface area contributed by atoms with E-state index in [1.807, 2.05) is 41.2 Å². The van der Waals surface area contributed by atoms with Crippen LogP contribution in [0.25, 0.3) is 22.2 Å². The normalized spacial score (nSPS) is 15.4. The highest BCUT2D eigenvalue weighted by atomic mass is 16.2. The largest absolute Gasteiger partial charge is 0.354 e. The molecule has 0 unspecified atom stereocenters. The molecule has 1 aliphatic rings. The number of hydrogen-bond acceptors (Lipinski definition) is 3. The summed E-state index contributed by atoms with van der Waals surface area (Å²) in [5.41, 5.74) is 7.95. The van der Waals surface area contributed by atoms with E-state index in [1.165, 1.54) is 16.5 Å². The minimum atomic E-state index is 0.0596. The monoisotopic (exact) mass is 462 g/mol. The number of aryl methyl sites for hydroxylation is 1. The molecule has 1 fully saturated rings. The van der Waals surface area contributed by atoms with E-state index in [1.54, 1.807) is 9.47 Å². The van der Waals surface area contributed by atoms with Crippen LogP contribution in [0, 0.1) is 13.8 Å². The van der Waals surface area contributed by atoms with Crippen molar-refractivity contribution in [3.05, 3.63) is 57.0 Å². The van der Waals surface area contributed by atoms with Gasteiger partial charge >= 0.3 is 0 Å². The predicted octanol–water partition coefficient (Wildman–Crippen LogP) is 4.54. The van der Waals surface area contributed by atoms with Crippen LogP contribution >= 0.6 is 0 Å². The first-order valence-electron chi connectivity index (χ1n) is 12.3. The Bertz CT molecular complexity index is 1270. The van der Waals surface area contributed by atoms with Crippen LogP contribution in [-0.4, -0.2) is 59.0 Å². The van der Waals surface area contributed by atoms with Gasteiger partial charge in [-0.1, -0.05) is 19.9 Å². The Morgan fingerprint density at radius 1 is 1.15 bits per heavy atom. The third-order valence-corrected chi connectivity index (χ3v) is 7.56. The topological polar surface area (TPSA) is 61.3 Å². The molecular formula is C28H38N4O2. The number of aromatic amines is 1. The molecule has 1 saturated heterocycles. The second-order valence-electron chi connectivity index (χ2n) is 10.4. The molecule has 6 nitrogen and oxygen atoms in total. The van der Waals surface area contributed by atoms with Crippen LogP contribution < -0.4 is 5.56 Å². The van der Waals surface area contributed by atoms with Gasteiger partial charge in [0.2, 0.25) is 5.91 Å². The van der Waals surface area contributed by atoms with Crippen molar-refractivity contribution in [2.24, 2.45) is 7.05 Å². The number of amides is 1. The molecule has 0 aliphatic carbocycles. The van der Waals surface area contributed by atoms with Crippen LogP contribution in [0.4, 0.5) is 0 Å². The summed E-state index contributed by atoms with van der Waals surface area (Å²) in [7, 11) is 5.46. The number of likely N-dealkylation sites (tertiary alicyclic amines) is 1. The lowest BCUT2D eigenvalue weighted by atomic mass is 9.87. The first-order chi connectivity index (χ1) is 16.1. The molecular weight excluding hydrogens is 424 g/mol. The first-order valence-corrected chi connectivity index (χ1v) is 12.3. The molecule has 34 heavy (non-hydrogen) atoms. The van der Waals surface area contributed by atoms with Gasteiger partial charge < -0.3 is 14.5 Å². The maximum atomic E-state index is 12.4. The highest BCUT2D eigenvalue weighted by Crippen LogP contribution is 2.39. The summed E-state index contributed by atoms with van der Waals surface area (Å²) in [4.78, 5) is 32.1. The molecule has 2 aromatic heterocycles. The number of hydrogen-bond donors (Lipinski definition) is 1. The van der Waals surface area contributed by atoms with Gasteiger partial charge in [0.15, 0.2) is 0 Å². The summed E-state index contributed by atoms with van der Waals surface area (Å²) < 4.78 is 1.69. The van der Waals surface area contributed by atoms with Gasteiger partial charge in [-0.25, -0.2) is 0 Å². The van der Waals surface area contributed by atoms with Gasteiger partial charge in [0.25, 0.3) is 5.56 Å². The number of fused-ring (bicyclic) bond motifs is 1. The average molecular weight is 463 g/mol. The van der Waals surface area contributed by atoms with E-state index in [-0.39, 0.29) is 11.5 Å². The van der Waals surface area contributed by atoms with Crippen LogP contribution in [0.2, 0.25) is 0 Å². The molecule has 1 aromatic carbocycles. The molecule has 0 bridgehead atoms. The van der Waals surface area contributed by atoms with Crippen molar-refractivity contribution >= 4 is 16.8 Å². The van der Waals surface area contributed by atoms with Crippen LogP contribution in [-0.2, 0) is 11.8 Å². The van der Waals surface area contributed by atoms with Crippen molar-refractivity contribution in [3.8, 4) is 11.3 Å². The van der Waals surface area contributed by atoms with Crippen LogP contribution in [0.3, 0.4) is 0 Å². The Labute approximate surface area is 202 Å². The van der Waals surface area contributed by atoms with Crippen molar-refractivity contribution in [1.29, 1.82) is 0 Å². The highest BCUT2D eigenvalue weighted by molar-refractivity contribution is 5.92. The van der Waals surface area contributed by atoms with Crippen LogP contribution in [0.5, 0.6) is 0 Å². The standard InChI is InChI=1S/C28H38N4O2/c1-17(2)26-22-14-21(20-10-12-32(13-11-20)16-25(33)30(5)6)8-9-24(22)29-27(26)23-15-31(7)28(34)19(4)18(23)3/h8-9,14-15,17,20,29H,10-13,16H2,1-7H3. The number of carbonyl (C=O) groups excluding carboxylic acids is 1. The molecule has 3 heterocycles. The third-order valence-electron chi connectivity index (χ3n) is 7.56. The van der Waals surface area contributed by atoms with Gasteiger partial charge in [-0.05, 0) is 80.4 Å². The quantitative estimate of drug-likeness (QED) is 0.606. The van der Waals surface area contributed by atoms with Crippen molar-refractivity contribution in [2.75, 3.05) is 33.7 Å². The lowest BCUT2D eigenvalue weighted by Gasteiger charge is -2.32. The smallest absolute Gasteiger partial charge is 0.253 e. The second-order valence-corrected chi connectivity index (χ2v) is 10.4. The Morgan fingerprint density at radius 3 is 2.44 bits per heavy atom. The number of H-pyrrole nitrogens is 1. The SMILES string of the molecule is Cc1c(-c2[nH]c3ccc(C4CCN(CC(=O)N(C)C)CC4)cc3c2C(C)C)cn(C)c(=O)c1C. The number of aromatic nitrogens is 2. The first kappa shape index (κ1) is 24.3. The van der Waals surface area contributed by atoms with Crippen molar-refractivity contribution in [2.45, 2.75) is 52.4 Å². The highest BCUT2D eigenvalue weighted by Gasteiger charge is 2.24. The Morgan fingerprint density at radius 2 is 1.82 bits per heavy atom. The number of likely N-dealkylation sites (N-methyl/N-ethyl adjacent to an activating group) is 1. The minimum absolute atomic E-state index is 0.0596. The average Bonchev–Trinajstić information content (AvgIpc) is 3.19. The van der Waals surface area contributed by atoms with E-state index in [0.29, 0.717) is 18.4 Å². The number of nitrogens with one attached hydrogen (secondary N) is 1. The molecule has 1 N–H and O–H groups in total. The molecule has 182 valence electrons. The molecule has 4 rings (SSSR count). The van der Waals surface area contributed by atoms with E-state index in [2.05, 4.69) is 41.9 Å². The number of pyridine rings is 1. The summed E-state index contributed by atoms with van der Waals surface area (Å²) in [6.07, 6.45) is 4.10. The fourth-order valence-corrected chi connectivity index (χ4v) is 5.28. The van der Waals surface area contributed by atoms with Gasteiger partial charge in [0, 0.05) is 49.4 Å². The van der Waals surface area contributed by atoms with E-state index in [9.17, 15) is 9.59 Å². The number of benzene rings is 1. The summed E-state index contributed by atoms with van der Waals surface area (Å²) in [5.74, 6) is 1.02. The molecule has 1 amide bonds. The molecule has 1 aliphatic heterocycles. The van der Waals surface area contributed by atoms with Crippen LogP contribution in [0.1, 0.15) is 60.8 Å². The minimum Gasteiger partial charge on any atom is -0.354 e. The molecule has 0 saturated carbocycles. The Kier molecular flexibility index (Phi) is 6.72. The van der Waals surface area contributed by atoms with Gasteiger partial charge in [-0.15, -0.1) is 0 Å². The zero-order valence-corrected chi connectivity index (χ0v) is 21.7.